The van der Waals surface area contributed by atoms with E-state index in [4.69, 9.17) is 4.74 Å². The van der Waals surface area contributed by atoms with Gasteiger partial charge in [0, 0.05) is 0 Å². The molecule has 3 nitrogen and oxygen atoms in total. The van der Waals surface area contributed by atoms with Gasteiger partial charge in [-0.05, 0) is 0 Å². The van der Waals surface area contributed by atoms with Crippen molar-refractivity contribution in [3.63, 3.8) is 0 Å². The van der Waals surface area contributed by atoms with Crippen molar-refractivity contribution in [2.24, 2.45) is 0 Å². The van der Waals surface area contributed by atoms with Crippen LogP contribution in [-0.2, 0) is 6.54 Å². The summed E-state index contributed by atoms with van der Waals surface area (Å²) >= 11 is 3.65. The third kappa shape index (κ3) is 4.18. The van der Waals surface area contributed by atoms with Gasteiger partial charge in [0.15, 0.2) is 0 Å². The van der Waals surface area contributed by atoms with Crippen LogP contribution < -0.4 is 17.9 Å². The van der Waals surface area contributed by atoms with Crippen molar-refractivity contribution in [3.8, 4) is 5.75 Å². The van der Waals surface area contributed by atoms with E-state index in [0.717, 1.165) is 22.8 Å². The number of nitrogens with zero attached hydrogens (tertiary/aromatic N) is 2. The number of allylic oxidation sites excluding steroid dienone is 3. The summed E-state index contributed by atoms with van der Waals surface area (Å²) in [5, 5.41) is 2.66. The minimum atomic E-state index is -0.141. The molecular weight excluding hydrogens is 512 g/mol. The van der Waals surface area contributed by atoms with E-state index >= 15 is 0 Å². The number of anilines is 1. The second-order valence-corrected chi connectivity index (χ2v) is 13.1. The Morgan fingerprint density at radius 2 is 2.17 bits per heavy atom. The van der Waals surface area contributed by atoms with Gasteiger partial charge in [0.1, 0.15) is 0 Å². The summed E-state index contributed by atoms with van der Waals surface area (Å²) in [6, 6.07) is 6.35. The summed E-state index contributed by atoms with van der Waals surface area (Å²) in [5.41, 5.74) is 2.54. The molecule has 2 aliphatic rings. The Balaban J connectivity index is 1.65. The van der Waals surface area contributed by atoms with Crippen LogP contribution in [0.5, 0.6) is 5.75 Å². The molecule has 1 atom stereocenters. The van der Waals surface area contributed by atoms with Crippen LogP contribution in [0.15, 0.2) is 45.8 Å². The van der Waals surface area contributed by atoms with Crippen molar-refractivity contribution >= 4 is 65.6 Å². The summed E-state index contributed by atoms with van der Waals surface area (Å²) in [5.74, 6) is 0.913. The van der Waals surface area contributed by atoms with Crippen molar-refractivity contribution < 1.29 is 9.30 Å². The summed E-state index contributed by atoms with van der Waals surface area (Å²) in [6.07, 6.45) is 9.42. The number of methoxy groups -OCH3 is 1. The predicted molar refractivity (Wildman–Crippen MR) is 128 cm³/mol. The van der Waals surface area contributed by atoms with E-state index in [-0.39, 0.29) is 20.9 Å². The maximum absolute atomic E-state index is 5.43. The van der Waals surface area contributed by atoms with E-state index in [1.807, 2.05) is 29.2 Å². The molecular formula is C23H27N2OS2Te+. The van der Waals surface area contributed by atoms with Crippen LogP contribution in [0.25, 0.3) is 12.2 Å². The molecule has 0 N–H and O–H groups in total. The van der Waals surface area contributed by atoms with E-state index in [9.17, 15) is 0 Å². The van der Waals surface area contributed by atoms with Crippen LogP contribution in [0.2, 0.25) is 3.97 Å². The Labute approximate surface area is 192 Å². The minimum absolute atomic E-state index is 0.141. The van der Waals surface area contributed by atoms with E-state index in [2.05, 4.69) is 73.6 Å². The van der Waals surface area contributed by atoms with Gasteiger partial charge in [0.2, 0.25) is 0 Å². The zero-order valence-corrected chi connectivity index (χ0v) is 21.5. The van der Waals surface area contributed by atoms with Crippen LogP contribution >= 0.6 is 23.1 Å². The molecule has 0 radical (unpaired) electrons. The molecule has 0 amide bonds. The van der Waals surface area contributed by atoms with E-state index in [1.54, 1.807) is 10.9 Å². The van der Waals surface area contributed by atoms with Gasteiger partial charge in [-0.25, -0.2) is 0 Å². The Bertz CT molecular complexity index is 1020. The molecule has 0 fully saturated rings. The Hall–Kier alpha value is -1.19. The average Bonchev–Trinajstić information content (AvgIpc) is 3.23. The van der Waals surface area contributed by atoms with Gasteiger partial charge in [0.05, 0.1) is 7.11 Å². The standard InChI is InChI=1S/C23H27N2OS2Te/c1-6-24-18-14-17(26-5)9-11-19(18)27-21(24)12-15(3)13-22-25(7-2)23-20(28-22)10-8-16(4)29-23/h8-14,16H,6-7H2,1-5H3/q+1. The number of hydrogen-bond donors (Lipinski definition) is 0. The predicted octanol–water partition coefficient (Wildman–Crippen LogP) is 5.11. The van der Waals surface area contributed by atoms with Gasteiger partial charge >= 0.3 is 186 Å². The van der Waals surface area contributed by atoms with Crippen molar-refractivity contribution in [1.82, 2.24) is 0 Å². The van der Waals surface area contributed by atoms with Gasteiger partial charge < -0.3 is 0 Å². The number of thiazole rings is 1. The summed E-state index contributed by atoms with van der Waals surface area (Å²) < 4.78 is 10.3. The summed E-state index contributed by atoms with van der Waals surface area (Å²) in [4.78, 5) is 5.15. The molecule has 152 valence electrons. The van der Waals surface area contributed by atoms with Gasteiger partial charge in [-0.15, -0.1) is 0 Å². The fourth-order valence-corrected chi connectivity index (χ4v) is 9.80. The van der Waals surface area contributed by atoms with Crippen molar-refractivity contribution in [2.75, 3.05) is 18.6 Å². The molecule has 0 saturated heterocycles. The third-order valence-electron chi connectivity index (χ3n) is 5.02. The van der Waals surface area contributed by atoms with E-state index in [1.165, 1.54) is 31.1 Å². The van der Waals surface area contributed by atoms with Crippen molar-refractivity contribution in [2.45, 2.75) is 43.1 Å². The Morgan fingerprint density at radius 1 is 1.34 bits per heavy atom. The van der Waals surface area contributed by atoms with E-state index in [0.29, 0.717) is 0 Å². The molecule has 0 aliphatic carbocycles. The number of aromatic nitrogens is 1. The van der Waals surface area contributed by atoms with Gasteiger partial charge in [0.25, 0.3) is 0 Å². The maximum atomic E-state index is 5.43. The molecule has 3 heterocycles. The number of fused-ring (bicyclic) bond motifs is 2. The molecule has 0 saturated carbocycles. The molecule has 4 rings (SSSR count). The molecule has 2 aliphatic heterocycles. The molecule has 1 aromatic carbocycles. The van der Waals surface area contributed by atoms with Crippen LogP contribution in [-0.4, -0.2) is 34.6 Å². The first-order valence-corrected chi connectivity index (χ1v) is 14.1. The van der Waals surface area contributed by atoms with Gasteiger partial charge in [-0.3, -0.25) is 0 Å². The van der Waals surface area contributed by atoms with Crippen molar-refractivity contribution in [3.05, 3.63) is 50.8 Å². The molecule has 1 aromatic heterocycles. The summed E-state index contributed by atoms with van der Waals surface area (Å²) in [7, 11) is 1.73. The van der Waals surface area contributed by atoms with Gasteiger partial charge in [-0.2, -0.15) is 0 Å². The van der Waals surface area contributed by atoms with Crippen LogP contribution in [0.1, 0.15) is 37.6 Å². The Kier molecular flexibility index (Phi) is 6.46. The fraction of sp³-hybridized carbons (Fsp3) is 0.348. The van der Waals surface area contributed by atoms with Gasteiger partial charge in [-0.1, -0.05) is 0 Å². The topological polar surface area (TPSA) is 16.4 Å². The number of benzene rings is 1. The van der Waals surface area contributed by atoms with Crippen molar-refractivity contribution in [1.29, 1.82) is 0 Å². The molecule has 1 unspecified atom stereocenters. The van der Waals surface area contributed by atoms with E-state index < -0.39 is 0 Å². The van der Waals surface area contributed by atoms with Crippen LogP contribution in [0, 0.1) is 0 Å². The molecule has 29 heavy (non-hydrogen) atoms. The number of hydrogen-bond acceptors (Lipinski definition) is 4. The molecule has 0 bridgehead atoms. The number of ether oxygens (including phenoxy) is 1. The molecule has 2 aromatic rings. The second-order valence-electron chi connectivity index (χ2n) is 7.09. The average molecular weight is 539 g/mol. The number of thioether (sulfide) groups is 1. The molecule has 6 heteroatoms. The summed E-state index contributed by atoms with van der Waals surface area (Å²) in [6.45, 7) is 11.0. The SMILES string of the molecule is CCN1C(=CC(C)=Cc2sc3c([n+]2CC)[Te]C(C)C=C3)Sc2ccc(OC)cc21. The third-order valence-corrected chi connectivity index (χ3v) is 11.0. The quantitative estimate of drug-likeness (QED) is 0.389. The zero-order valence-electron chi connectivity index (χ0n) is 17.6. The second kappa shape index (κ2) is 8.89. The Morgan fingerprint density at radius 3 is 2.90 bits per heavy atom. The monoisotopic (exact) mass is 541 g/mol. The first-order chi connectivity index (χ1) is 14.0. The molecule has 0 spiro atoms. The zero-order chi connectivity index (χ0) is 20.5. The fourth-order valence-electron chi connectivity index (χ4n) is 3.59. The normalized spacial score (nSPS) is 19.6. The first-order valence-electron chi connectivity index (χ1n) is 9.99. The van der Waals surface area contributed by atoms with Crippen LogP contribution in [0.4, 0.5) is 5.69 Å². The number of rotatable bonds is 5. The van der Waals surface area contributed by atoms with Crippen LogP contribution in [0.3, 0.4) is 0 Å². The first kappa shape index (κ1) is 21.1.